The van der Waals surface area contributed by atoms with Gasteiger partial charge in [-0.15, -0.1) is 0 Å². The summed E-state index contributed by atoms with van der Waals surface area (Å²) >= 11 is 0. The number of aryl methyl sites for hydroxylation is 1. The first-order valence-corrected chi connectivity index (χ1v) is 16.1. The van der Waals surface area contributed by atoms with Crippen molar-refractivity contribution in [3.05, 3.63) is 70.2 Å². The molecule has 2 aliphatic carbocycles. The second kappa shape index (κ2) is 12.5. The van der Waals surface area contributed by atoms with E-state index in [0.717, 1.165) is 56.6 Å². The van der Waals surface area contributed by atoms with Crippen LogP contribution in [0.3, 0.4) is 0 Å². The van der Waals surface area contributed by atoms with Crippen LogP contribution in [0.25, 0.3) is 11.0 Å². The summed E-state index contributed by atoms with van der Waals surface area (Å²) in [6, 6.07) is 3.38. The Bertz CT molecular complexity index is 1810. The number of carboxylic acid groups (broad SMARTS) is 1. The first-order chi connectivity index (χ1) is 22.9. The summed E-state index contributed by atoms with van der Waals surface area (Å²) in [7, 11) is 0. The van der Waals surface area contributed by atoms with Gasteiger partial charge in [0.05, 0.1) is 27.9 Å². The molecule has 262 valence electrons. The minimum atomic E-state index is -5.03. The number of benzene rings is 1. The summed E-state index contributed by atoms with van der Waals surface area (Å²) < 4.78 is 84.7. The number of fused-ring (bicyclic) bond motifs is 1. The molecule has 0 atom stereocenters. The Morgan fingerprint density at radius 3 is 1.88 bits per heavy atom. The maximum Gasteiger partial charge on any atom is 0.416 e. The third-order valence-corrected chi connectivity index (χ3v) is 8.73. The van der Waals surface area contributed by atoms with Crippen molar-refractivity contribution in [3.63, 3.8) is 0 Å². The van der Waals surface area contributed by atoms with E-state index in [1.165, 1.54) is 4.90 Å². The van der Waals surface area contributed by atoms with Gasteiger partial charge in [-0.2, -0.15) is 31.4 Å². The summed E-state index contributed by atoms with van der Waals surface area (Å²) in [6.07, 6.45) is -3.60. The van der Waals surface area contributed by atoms with Crippen LogP contribution in [0.2, 0.25) is 0 Å². The van der Waals surface area contributed by atoms with Gasteiger partial charge in [0.2, 0.25) is 5.95 Å². The molecule has 1 N–H and O–H groups in total. The number of rotatable bonds is 11. The highest BCUT2D eigenvalue weighted by atomic mass is 19.4. The van der Waals surface area contributed by atoms with Gasteiger partial charge in [-0.05, 0) is 95.0 Å². The van der Waals surface area contributed by atoms with Crippen molar-refractivity contribution in [1.82, 2.24) is 24.7 Å². The zero-order valence-electron chi connectivity index (χ0n) is 27.5. The molecule has 49 heavy (non-hydrogen) atoms. The van der Waals surface area contributed by atoms with Gasteiger partial charge in [0.25, 0.3) is 0 Å². The Kier molecular flexibility index (Phi) is 8.76. The van der Waals surface area contributed by atoms with E-state index >= 15 is 0 Å². The number of carboxylic acids is 1. The molecule has 3 heterocycles. The van der Waals surface area contributed by atoms with Gasteiger partial charge < -0.3 is 14.9 Å². The number of pyridine rings is 1. The van der Waals surface area contributed by atoms with E-state index in [1.807, 2.05) is 38.4 Å². The molecule has 0 unspecified atom stereocenters. The van der Waals surface area contributed by atoms with Crippen molar-refractivity contribution in [2.75, 3.05) is 22.9 Å². The van der Waals surface area contributed by atoms with E-state index in [1.54, 1.807) is 0 Å². The maximum absolute atomic E-state index is 13.8. The first kappa shape index (κ1) is 34.4. The number of aromatic carboxylic acids is 1. The average Bonchev–Trinajstić information content (AvgIpc) is 3.95. The summed E-state index contributed by atoms with van der Waals surface area (Å²) in [4.78, 5) is 28.8. The molecule has 0 aliphatic heterocycles. The topological polar surface area (TPSA) is 100 Å². The van der Waals surface area contributed by atoms with Crippen LogP contribution < -0.4 is 9.80 Å². The van der Waals surface area contributed by atoms with Gasteiger partial charge in [0.1, 0.15) is 5.82 Å². The molecule has 15 heteroatoms. The largest absolute Gasteiger partial charge is 0.478 e. The number of carbonyl (C=O) groups is 1. The number of halogens is 6. The van der Waals surface area contributed by atoms with E-state index in [9.17, 15) is 36.2 Å². The average molecular weight is 690 g/mol. The smallest absolute Gasteiger partial charge is 0.416 e. The van der Waals surface area contributed by atoms with Gasteiger partial charge >= 0.3 is 18.3 Å². The normalized spacial score (nSPS) is 15.6. The lowest BCUT2D eigenvalue weighted by atomic mass is 10.0. The quantitative estimate of drug-likeness (QED) is 0.159. The Labute approximate surface area is 279 Å². The van der Waals surface area contributed by atoms with Crippen LogP contribution in [0.15, 0.2) is 36.7 Å². The lowest BCUT2D eigenvalue weighted by molar-refractivity contribution is -0.143. The van der Waals surface area contributed by atoms with Gasteiger partial charge in [0, 0.05) is 49.5 Å². The Balaban J connectivity index is 1.50. The monoisotopic (exact) mass is 689 g/mol. The molecule has 2 saturated carbocycles. The van der Waals surface area contributed by atoms with Gasteiger partial charge in [-0.1, -0.05) is 0 Å². The number of hydrogen-bond donors (Lipinski definition) is 1. The number of anilines is 2. The van der Waals surface area contributed by atoms with Crippen molar-refractivity contribution in [1.29, 1.82) is 0 Å². The molecule has 2 fully saturated rings. The molecule has 0 radical (unpaired) electrons. The number of nitrogens with zero attached hydrogens (tertiary/aromatic N) is 7. The number of aromatic nitrogens is 5. The van der Waals surface area contributed by atoms with Gasteiger partial charge in [-0.3, -0.25) is 0 Å². The van der Waals surface area contributed by atoms with Gasteiger partial charge in [0.15, 0.2) is 5.65 Å². The molecular formula is C34H37F6N7O2. The van der Waals surface area contributed by atoms with Crippen molar-refractivity contribution >= 4 is 28.8 Å². The lowest BCUT2D eigenvalue weighted by Crippen LogP contribution is -2.32. The van der Waals surface area contributed by atoms with Crippen LogP contribution in [0.4, 0.5) is 38.1 Å². The Morgan fingerprint density at radius 1 is 0.857 bits per heavy atom. The minimum Gasteiger partial charge on any atom is -0.478 e. The summed E-state index contributed by atoms with van der Waals surface area (Å²) in [5, 5.41) is 14.9. The second-order valence-corrected chi connectivity index (χ2v) is 14.1. The summed E-state index contributed by atoms with van der Waals surface area (Å²) in [5.41, 5.74) is -1.73. The van der Waals surface area contributed by atoms with Crippen LogP contribution in [0.1, 0.15) is 84.8 Å². The van der Waals surface area contributed by atoms with Crippen LogP contribution in [0, 0.1) is 18.8 Å². The maximum atomic E-state index is 13.8. The predicted octanol–water partition coefficient (Wildman–Crippen LogP) is 7.85. The highest BCUT2D eigenvalue weighted by Crippen LogP contribution is 2.40. The number of alkyl halides is 6. The predicted molar refractivity (Wildman–Crippen MR) is 170 cm³/mol. The van der Waals surface area contributed by atoms with Crippen LogP contribution in [0.5, 0.6) is 0 Å². The van der Waals surface area contributed by atoms with Crippen molar-refractivity contribution in [2.45, 2.75) is 84.4 Å². The molecular weight excluding hydrogens is 652 g/mol. The van der Waals surface area contributed by atoms with E-state index in [4.69, 9.17) is 10.1 Å². The Hall–Kier alpha value is -4.43. The molecule has 0 spiro atoms. The standard InChI is InChI=1S/C34H37F6N7O2/c1-19-27-11-23(28(43-29(27)47(44-19)32(2,3)4)45(15-20-5-6-20)16-21-7-8-21)18-46(31-41-13-24(14-42-31)30(48)49)17-22-9-25(33(35,36)37)12-26(10-22)34(38,39)40/h9-14,20-21H,5-8,15-18H2,1-4H3,(H,48,49). The lowest BCUT2D eigenvalue weighted by Gasteiger charge is -2.30. The molecule has 3 aromatic heterocycles. The zero-order chi connectivity index (χ0) is 35.5. The highest BCUT2D eigenvalue weighted by Gasteiger charge is 2.37. The molecule has 1 aromatic carbocycles. The van der Waals surface area contributed by atoms with E-state index in [-0.39, 0.29) is 29.7 Å². The third kappa shape index (κ3) is 7.91. The molecule has 0 bridgehead atoms. The molecule has 2 aliphatic rings. The van der Waals surface area contributed by atoms with E-state index < -0.39 is 41.5 Å². The van der Waals surface area contributed by atoms with Crippen molar-refractivity contribution in [3.8, 4) is 0 Å². The third-order valence-electron chi connectivity index (χ3n) is 8.73. The fourth-order valence-corrected chi connectivity index (χ4v) is 5.87. The van der Waals surface area contributed by atoms with Crippen molar-refractivity contribution < 1.29 is 36.2 Å². The fraction of sp³-hybridized carbons (Fsp3) is 0.500. The molecule has 4 aromatic rings. The second-order valence-electron chi connectivity index (χ2n) is 14.1. The van der Waals surface area contributed by atoms with Gasteiger partial charge in [-0.25, -0.2) is 24.4 Å². The Morgan fingerprint density at radius 2 is 1.41 bits per heavy atom. The molecule has 0 saturated heterocycles. The highest BCUT2D eigenvalue weighted by molar-refractivity contribution is 5.87. The van der Waals surface area contributed by atoms with Crippen LogP contribution >= 0.6 is 0 Å². The van der Waals surface area contributed by atoms with E-state index in [0.29, 0.717) is 46.7 Å². The van der Waals surface area contributed by atoms with Crippen LogP contribution in [-0.4, -0.2) is 48.9 Å². The first-order valence-electron chi connectivity index (χ1n) is 16.1. The molecule has 9 nitrogen and oxygen atoms in total. The van der Waals surface area contributed by atoms with Crippen molar-refractivity contribution in [2.24, 2.45) is 11.8 Å². The summed E-state index contributed by atoms with van der Waals surface area (Å²) in [5.74, 6) is 0.285. The SMILES string of the molecule is Cc1nn(C(C)(C)C)c2nc(N(CC3CC3)CC3CC3)c(CN(Cc3cc(C(F)(F)F)cc(C(F)(F)F)c3)c3ncc(C(=O)O)cn3)cc12. The fourth-order valence-electron chi connectivity index (χ4n) is 5.87. The minimum absolute atomic E-state index is 0.0474. The van der Waals surface area contributed by atoms with Crippen LogP contribution in [-0.2, 0) is 31.0 Å². The zero-order valence-corrected chi connectivity index (χ0v) is 27.5. The molecule has 0 amide bonds. The summed E-state index contributed by atoms with van der Waals surface area (Å²) in [6.45, 7) is 8.94. The number of hydrogen-bond acceptors (Lipinski definition) is 7. The molecule has 6 rings (SSSR count). The van der Waals surface area contributed by atoms with E-state index in [2.05, 4.69) is 14.9 Å².